The van der Waals surface area contributed by atoms with E-state index < -0.39 is 0 Å². The van der Waals surface area contributed by atoms with Gasteiger partial charge in [-0.25, -0.2) is 0 Å². The third-order valence-electron chi connectivity index (χ3n) is 2.23. The van der Waals surface area contributed by atoms with Crippen LogP contribution in [0.5, 0.6) is 0 Å². The summed E-state index contributed by atoms with van der Waals surface area (Å²) in [5, 5.41) is 2.82. The second kappa shape index (κ2) is 3.80. The van der Waals surface area contributed by atoms with Crippen LogP contribution in [0.25, 0.3) is 0 Å². The first-order valence-electron chi connectivity index (χ1n) is 4.74. The molecule has 0 aromatic carbocycles. The maximum atomic E-state index is 11.1. The lowest BCUT2D eigenvalue weighted by atomic mass is 10.1. The Morgan fingerprint density at radius 1 is 1.38 bits per heavy atom. The summed E-state index contributed by atoms with van der Waals surface area (Å²) in [5.74, 6) is 5.68. The van der Waals surface area contributed by atoms with Crippen molar-refractivity contribution >= 4 is 5.91 Å². The predicted molar refractivity (Wildman–Crippen MR) is 47.9 cm³/mol. The molecule has 1 saturated carbocycles. The first-order chi connectivity index (χ1) is 6.34. The third kappa shape index (κ3) is 2.74. The summed E-state index contributed by atoms with van der Waals surface area (Å²) in [7, 11) is 0. The third-order valence-corrected chi connectivity index (χ3v) is 2.23. The van der Waals surface area contributed by atoms with Gasteiger partial charge in [0.25, 0.3) is 5.91 Å². The maximum Gasteiger partial charge on any atom is 0.296 e. The van der Waals surface area contributed by atoms with E-state index in [1.54, 1.807) is 0 Å². The highest BCUT2D eigenvalue weighted by Crippen LogP contribution is 2.18. The lowest BCUT2D eigenvalue weighted by Gasteiger charge is -1.95. The summed E-state index contributed by atoms with van der Waals surface area (Å²) in [4.78, 5) is 11.1. The van der Waals surface area contributed by atoms with Crippen LogP contribution in [0.3, 0.4) is 0 Å². The molecule has 1 aliphatic heterocycles. The quantitative estimate of drug-likeness (QED) is 0.588. The Balaban J connectivity index is 1.76. The molecule has 1 atom stereocenters. The van der Waals surface area contributed by atoms with Crippen molar-refractivity contribution in [1.82, 2.24) is 5.32 Å². The van der Waals surface area contributed by atoms with Crippen LogP contribution in [0.1, 0.15) is 19.3 Å². The van der Waals surface area contributed by atoms with Crippen LogP contribution in [0.15, 0.2) is 0 Å². The highest BCUT2D eigenvalue weighted by atomic mass is 16.5. The summed E-state index contributed by atoms with van der Waals surface area (Å²) in [5.41, 5.74) is 0. The zero-order valence-electron chi connectivity index (χ0n) is 7.51. The van der Waals surface area contributed by atoms with Gasteiger partial charge in [0.15, 0.2) is 0 Å². The summed E-state index contributed by atoms with van der Waals surface area (Å²) in [6.45, 7) is 1.47. The zero-order chi connectivity index (χ0) is 9.10. The minimum absolute atomic E-state index is 0.130. The topological polar surface area (TPSA) is 38.3 Å². The molecule has 2 fully saturated rings. The number of carbonyl (C=O) groups is 1. The smallest absolute Gasteiger partial charge is 0.296 e. The van der Waals surface area contributed by atoms with Gasteiger partial charge in [-0.1, -0.05) is 5.92 Å². The van der Waals surface area contributed by atoms with Gasteiger partial charge in [0.05, 0.1) is 6.61 Å². The van der Waals surface area contributed by atoms with Crippen LogP contribution in [0, 0.1) is 17.8 Å². The molecule has 0 aromatic rings. The van der Waals surface area contributed by atoms with E-state index in [2.05, 4.69) is 17.2 Å². The summed E-state index contributed by atoms with van der Waals surface area (Å²) < 4.78 is 5.15. The fourth-order valence-electron chi connectivity index (χ4n) is 1.27. The Morgan fingerprint density at radius 3 is 2.85 bits per heavy atom. The maximum absolute atomic E-state index is 11.1. The van der Waals surface area contributed by atoms with E-state index in [0.717, 1.165) is 25.9 Å². The molecular weight excluding hydrogens is 166 g/mol. The van der Waals surface area contributed by atoms with E-state index >= 15 is 0 Å². The second-order valence-corrected chi connectivity index (χ2v) is 3.58. The Hall–Kier alpha value is -1.01. The van der Waals surface area contributed by atoms with Crippen molar-refractivity contribution in [2.24, 2.45) is 5.92 Å². The van der Waals surface area contributed by atoms with E-state index in [1.165, 1.54) is 0 Å². The van der Waals surface area contributed by atoms with E-state index in [1.807, 2.05) is 0 Å². The van der Waals surface area contributed by atoms with Crippen molar-refractivity contribution in [3.05, 3.63) is 0 Å². The molecule has 3 heteroatoms. The van der Waals surface area contributed by atoms with Crippen LogP contribution in [0.4, 0.5) is 0 Å². The zero-order valence-corrected chi connectivity index (χ0v) is 7.51. The molecule has 70 valence electrons. The highest BCUT2D eigenvalue weighted by Gasteiger charge is 2.22. The van der Waals surface area contributed by atoms with Gasteiger partial charge in [-0.15, -0.1) is 0 Å². The van der Waals surface area contributed by atoms with Crippen molar-refractivity contribution in [2.75, 3.05) is 13.2 Å². The molecule has 1 unspecified atom stereocenters. The van der Waals surface area contributed by atoms with Crippen LogP contribution >= 0.6 is 0 Å². The highest BCUT2D eigenvalue weighted by molar-refractivity contribution is 5.93. The molecule has 1 N–H and O–H groups in total. The van der Waals surface area contributed by atoms with E-state index in [9.17, 15) is 4.79 Å². The first kappa shape index (κ1) is 8.58. The first-order valence-corrected chi connectivity index (χ1v) is 4.74. The average Bonchev–Trinajstić information content (AvgIpc) is 2.78. The number of nitrogens with one attached hydrogen (secondary N) is 1. The Morgan fingerprint density at radius 2 is 2.23 bits per heavy atom. The summed E-state index contributed by atoms with van der Waals surface area (Å²) in [6.07, 6.45) is 3.18. The lowest BCUT2D eigenvalue weighted by Crippen LogP contribution is -2.23. The van der Waals surface area contributed by atoms with Crippen LogP contribution in [-0.2, 0) is 9.53 Å². The SMILES string of the molecule is O=C(C#CC1CCOC1)NC1CC1. The largest absolute Gasteiger partial charge is 0.380 e. The molecule has 2 rings (SSSR count). The van der Waals surface area contributed by atoms with Gasteiger partial charge in [-0.05, 0) is 25.2 Å². The monoisotopic (exact) mass is 179 g/mol. The number of ether oxygens (including phenoxy) is 1. The van der Waals surface area contributed by atoms with Gasteiger partial charge in [0.2, 0.25) is 0 Å². The van der Waals surface area contributed by atoms with Crippen molar-refractivity contribution in [3.63, 3.8) is 0 Å². The Kier molecular flexibility index (Phi) is 2.51. The van der Waals surface area contributed by atoms with Gasteiger partial charge in [0, 0.05) is 18.6 Å². The molecule has 1 saturated heterocycles. The molecular formula is C10H13NO2. The minimum Gasteiger partial charge on any atom is -0.380 e. The fraction of sp³-hybridized carbons (Fsp3) is 0.700. The normalized spacial score (nSPS) is 26.3. The van der Waals surface area contributed by atoms with Gasteiger partial charge in [-0.3, -0.25) is 4.79 Å². The fourth-order valence-corrected chi connectivity index (χ4v) is 1.27. The summed E-state index contributed by atoms with van der Waals surface area (Å²) >= 11 is 0. The molecule has 1 aliphatic carbocycles. The minimum atomic E-state index is -0.130. The van der Waals surface area contributed by atoms with Crippen molar-refractivity contribution in [3.8, 4) is 11.8 Å². The molecule has 0 bridgehead atoms. The van der Waals surface area contributed by atoms with Gasteiger partial charge in [-0.2, -0.15) is 0 Å². The molecule has 0 radical (unpaired) electrons. The molecule has 0 spiro atoms. The van der Waals surface area contributed by atoms with Crippen LogP contribution in [0.2, 0.25) is 0 Å². The van der Waals surface area contributed by atoms with Gasteiger partial charge < -0.3 is 10.1 Å². The number of hydrogen-bond acceptors (Lipinski definition) is 2. The molecule has 1 heterocycles. The summed E-state index contributed by atoms with van der Waals surface area (Å²) in [6, 6.07) is 0.404. The van der Waals surface area contributed by atoms with E-state index in [4.69, 9.17) is 4.74 Å². The Labute approximate surface area is 77.8 Å². The van der Waals surface area contributed by atoms with Crippen LogP contribution in [-0.4, -0.2) is 25.2 Å². The molecule has 1 amide bonds. The number of carbonyl (C=O) groups excluding carboxylic acids is 1. The molecule has 3 nitrogen and oxygen atoms in total. The number of amides is 1. The molecule has 2 aliphatic rings. The van der Waals surface area contributed by atoms with E-state index in [0.29, 0.717) is 12.6 Å². The van der Waals surface area contributed by atoms with Crippen molar-refractivity contribution in [1.29, 1.82) is 0 Å². The number of hydrogen-bond donors (Lipinski definition) is 1. The lowest BCUT2D eigenvalue weighted by molar-refractivity contribution is -0.115. The standard InChI is InChI=1S/C10H13NO2/c12-10(11-9-2-3-9)4-1-8-5-6-13-7-8/h8-9H,2-3,5-7H2,(H,11,12). The predicted octanol–water partition coefficient (Wildman–Crippen LogP) is 0.305. The Bertz CT molecular complexity index is 254. The van der Waals surface area contributed by atoms with Gasteiger partial charge in [0.1, 0.15) is 0 Å². The second-order valence-electron chi connectivity index (χ2n) is 3.58. The van der Waals surface area contributed by atoms with Gasteiger partial charge >= 0.3 is 0 Å². The number of rotatable bonds is 1. The molecule has 0 aromatic heterocycles. The van der Waals surface area contributed by atoms with Crippen molar-refractivity contribution < 1.29 is 9.53 Å². The molecule has 13 heavy (non-hydrogen) atoms. The average molecular weight is 179 g/mol. The van der Waals surface area contributed by atoms with Crippen LogP contribution < -0.4 is 5.32 Å². The van der Waals surface area contributed by atoms with Crippen molar-refractivity contribution in [2.45, 2.75) is 25.3 Å². The van der Waals surface area contributed by atoms with E-state index in [-0.39, 0.29) is 11.8 Å².